The Hall–Kier alpha value is -2.47. The zero-order valence-electron chi connectivity index (χ0n) is 14.1. The molecule has 6 heteroatoms. The van der Waals surface area contributed by atoms with E-state index in [1.54, 1.807) is 24.3 Å². The fourth-order valence-corrected chi connectivity index (χ4v) is 3.69. The number of ketones is 1. The van der Waals surface area contributed by atoms with Crippen LogP contribution < -0.4 is 14.2 Å². The molecular formula is C19H17FO4S. The maximum absolute atomic E-state index is 13.5. The summed E-state index contributed by atoms with van der Waals surface area (Å²) in [5.74, 6) is 1.45. The van der Waals surface area contributed by atoms with Gasteiger partial charge in [-0.25, -0.2) is 4.39 Å². The van der Waals surface area contributed by atoms with Gasteiger partial charge in [-0.2, -0.15) is 0 Å². The summed E-state index contributed by atoms with van der Waals surface area (Å²) in [5, 5.41) is 0. The van der Waals surface area contributed by atoms with Crippen molar-refractivity contribution in [1.29, 1.82) is 0 Å². The maximum atomic E-state index is 13.5. The van der Waals surface area contributed by atoms with E-state index in [1.807, 2.05) is 0 Å². The van der Waals surface area contributed by atoms with Crippen LogP contribution in [0.15, 0.2) is 40.8 Å². The molecule has 2 aromatic rings. The van der Waals surface area contributed by atoms with Crippen molar-refractivity contribution in [2.45, 2.75) is 4.90 Å². The molecule has 130 valence electrons. The second-order valence-corrected chi connectivity index (χ2v) is 6.40. The maximum Gasteiger partial charge on any atom is 0.203 e. The summed E-state index contributed by atoms with van der Waals surface area (Å²) in [4.78, 5) is 13.5. The van der Waals surface area contributed by atoms with E-state index in [2.05, 4.69) is 0 Å². The highest BCUT2D eigenvalue weighted by molar-refractivity contribution is 7.99. The summed E-state index contributed by atoms with van der Waals surface area (Å²) >= 11 is 1.51. The van der Waals surface area contributed by atoms with Crippen LogP contribution in [-0.2, 0) is 0 Å². The van der Waals surface area contributed by atoms with E-state index in [-0.39, 0.29) is 5.78 Å². The van der Waals surface area contributed by atoms with Gasteiger partial charge in [-0.05, 0) is 42.0 Å². The zero-order chi connectivity index (χ0) is 18.0. The number of rotatable bonds is 4. The molecule has 0 aromatic heterocycles. The van der Waals surface area contributed by atoms with Crippen molar-refractivity contribution in [3.05, 3.63) is 52.8 Å². The third-order valence-corrected chi connectivity index (χ3v) is 5.01. The third-order valence-electron chi connectivity index (χ3n) is 3.89. The molecule has 0 amide bonds. The summed E-state index contributed by atoms with van der Waals surface area (Å²) in [6.07, 6.45) is 1.77. The normalized spacial score (nSPS) is 15.0. The van der Waals surface area contributed by atoms with Crippen molar-refractivity contribution in [2.24, 2.45) is 0 Å². The third kappa shape index (κ3) is 3.35. The Kier molecular flexibility index (Phi) is 4.99. The van der Waals surface area contributed by atoms with Crippen LogP contribution in [-0.4, -0.2) is 32.9 Å². The second-order valence-electron chi connectivity index (χ2n) is 5.39. The standard InChI is InChI=1S/C19H17FO4S/c1-22-15-7-11(8-16(23-2)19(15)24-3)6-12-10-25-17-5-4-13(20)9-14(17)18(12)21/h4-9H,10H2,1-3H3. The number of ether oxygens (including phenoxy) is 3. The molecule has 0 saturated carbocycles. The Labute approximate surface area is 149 Å². The van der Waals surface area contributed by atoms with Gasteiger partial charge in [-0.15, -0.1) is 11.8 Å². The van der Waals surface area contributed by atoms with Crippen LogP contribution in [0.3, 0.4) is 0 Å². The van der Waals surface area contributed by atoms with Crippen molar-refractivity contribution in [3.63, 3.8) is 0 Å². The highest BCUT2D eigenvalue weighted by Crippen LogP contribution is 2.40. The molecule has 0 N–H and O–H groups in total. The fourth-order valence-electron chi connectivity index (χ4n) is 2.69. The number of hydrogen-bond acceptors (Lipinski definition) is 5. The number of benzene rings is 2. The van der Waals surface area contributed by atoms with Crippen LogP contribution in [0.4, 0.5) is 4.39 Å². The molecule has 0 radical (unpaired) electrons. The molecule has 1 aliphatic rings. The van der Waals surface area contributed by atoms with E-state index in [9.17, 15) is 9.18 Å². The Balaban J connectivity index is 2.02. The lowest BCUT2D eigenvalue weighted by Gasteiger charge is -2.17. The largest absolute Gasteiger partial charge is 0.493 e. The first-order chi connectivity index (χ1) is 12.1. The molecule has 25 heavy (non-hydrogen) atoms. The quantitative estimate of drug-likeness (QED) is 0.764. The molecule has 0 unspecified atom stereocenters. The number of hydrogen-bond donors (Lipinski definition) is 0. The molecular weight excluding hydrogens is 343 g/mol. The monoisotopic (exact) mass is 360 g/mol. The topological polar surface area (TPSA) is 44.8 Å². The van der Waals surface area contributed by atoms with E-state index in [1.165, 1.54) is 45.2 Å². The molecule has 0 atom stereocenters. The van der Waals surface area contributed by atoms with E-state index >= 15 is 0 Å². The first kappa shape index (κ1) is 17.4. The predicted molar refractivity (Wildman–Crippen MR) is 95.5 cm³/mol. The predicted octanol–water partition coefficient (Wildman–Crippen LogP) is 4.22. The zero-order valence-corrected chi connectivity index (χ0v) is 14.9. The van der Waals surface area contributed by atoms with Crippen LogP contribution in [0.5, 0.6) is 17.2 Å². The molecule has 3 rings (SSSR count). The van der Waals surface area contributed by atoms with Gasteiger partial charge in [-0.1, -0.05) is 0 Å². The summed E-state index contributed by atoms with van der Waals surface area (Å²) in [7, 11) is 4.61. The average Bonchev–Trinajstić information content (AvgIpc) is 2.63. The van der Waals surface area contributed by atoms with Gasteiger partial charge in [0.1, 0.15) is 5.82 Å². The van der Waals surface area contributed by atoms with Gasteiger partial charge < -0.3 is 14.2 Å². The minimum atomic E-state index is -0.415. The lowest BCUT2D eigenvalue weighted by molar-refractivity contribution is 0.103. The molecule has 0 spiro atoms. The van der Waals surface area contributed by atoms with Crippen molar-refractivity contribution in [2.75, 3.05) is 27.1 Å². The molecule has 0 fully saturated rings. The van der Waals surface area contributed by atoms with Crippen molar-refractivity contribution in [3.8, 4) is 17.2 Å². The van der Waals surface area contributed by atoms with Crippen molar-refractivity contribution >= 4 is 23.6 Å². The Morgan fingerprint density at radius 2 is 1.72 bits per heavy atom. The van der Waals surface area contributed by atoms with Crippen LogP contribution in [0.25, 0.3) is 6.08 Å². The van der Waals surface area contributed by atoms with Gasteiger partial charge in [0.2, 0.25) is 5.75 Å². The van der Waals surface area contributed by atoms with Gasteiger partial charge in [0.15, 0.2) is 17.3 Å². The van der Waals surface area contributed by atoms with Crippen molar-refractivity contribution in [1.82, 2.24) is 0 Å². The highest BCUT2D eigenvalue weighted by atomic mass is 32.2. The summed E-state index contributed by atoms with van der Waals surface area (Å²) in [5.41, 5.74) is 1.74. The minimum Gasteiger partial charge on any atom is -0.493 e. The summed E-state index contributed by atoms with van der Waals surface area (Å²) in [6.45, 7) is 0. The fraction of sp³-hybridized carbons (Fsp3) is 0.211. The summed E-state index contributed by atoms with van der Waals surface area (Å²) in [6, 6.07) is 7.84. The number of carbonyl (C=O) groups is 1. The van der Waals surface area contributed by atoms with Gasteiger partial charge >= 0.3 is 0 Å². The SMILES string of the molecule is COc1cc(C=C2CSc3ccc(F)cc3C2=O)cc(OC)c1OC. The molecule has 0 aliphatic carbocycles. The summed E-state index contributed by atoms with van der Waals surface area (Å²) < 4.78 is 29.4. The number of fused-ring (bicyclic) bond motifs is 1. The van der Waals surface area contributed by atoms with Gasteiger partial charge in [0, 0.05) is 21.8 Å². The molecule has 2 aromatic carbocycles. The Morgan fingerprint density at radius 3 is 2.32 bits per heavy atom. The van der Waals surface area contributed by atoms with E-state index in [0.717, 1.165) is 10.5 Å². The van der Waals surface area contributed by atoms with E-state index in [0.29, 0.717) is 34.1 Å². The number of halogens is 1. The second kappa shape index (κ2) is 7.19. The number of carbonyl (C=O) groups excluding carboxylic acids is 1. The van der Waals surface area contributed by atoms with Gasteiger partial charge in [0.05, 0.1) is 21.3 Å². The molecule has 1 heterocycles. The van der Waals surface area contributed by atoms with Crippen LogP contribution in [0, 0.1) is 5.82 Å². The number of Topliss-reactive ketones (excluding diaryl/α,β-unsaturated/α-hetero) is 1. The first-order valence-electron chi connectivity index (χ1n) is 7.55. The highest BCUT2D eigenvalue weighted by Gasteiger charge is 2.23. The minimum absolute atomic E-state index is 0.165. The smallest absolute Gasteiger partial charge is 0.203 e. The number of methoxy groups -OCH3 is 3. The van der Waals surface area contributed by atoms with Gasteiger partial charge in [-0.3, -0.25) is 4.79 Å². The molecule has 4 nitrogen and oxygen atoms in total. The van der Waals surface area contributed by atoms with E-state index in [4.69, 9.17) is 14.2 Å². The Morgan fingerprint density at radius 1 is 1.04 bits per heavy atom. The number of thioether (sulfide) groups is 1. The molecule has 0 saturated heterocycles. The first-order valence-corrected chi connectivity index (χ1v) is 8.53. The lowest BCUT2D eigenvalue weighted by atomic mass is 10.0. The van der Waals surface area contributed by atoms with Crippen LogP contribution >= 0.6 is 11.8 Å². The average molecular weight is 360 g/mol. The van der Waals surface area contributed by atoms with Crippen LogP contribution in [0.1, 0.15) is 15.9 Å². The Bertz CT molecular complexity index is 835. The van der Waals surface area contributed by atoms with Gasteiger partial charge in [0.25, 0.3) is 0 Å². The lowest BCUT2D eigenvalue weighted by Crippen LogP contribution is -2.12. The molecule has 1 aliphatic heterocycles. The van der Waals surface area contributed by atoms with E-state index < -0.39 is 5.82 Å². The molecule has 0 bridgehead atoms. The van der Waals surface area contributed by atoms with Crippen molar-refractivity contribution < 1.29 is 23.4 Å². The van der Waals surface area contributed by atoms with Crippen LogP contribution in [0.2, 0.25) is 0 Å².